The predicted molar refractivity (Wildman–Crippen MR) is 66.4 cm³/mol. The molecule has 0 bridgehead atoms. The standard InChI is InChI=1S/C14H26/c1-11(9-13(3,4)5)12(2)10-14(6,7)8/h9-10H,1-8H3/b11-9-,12-10-. The fraction of sp³-hybridized carbons (Fsp3) is 0.714. The minimum Gasteiger partial charge on any atom is -0.0759 e. The smallest absolute Gasteiger partial charge is 0.0197 e. The van der Waals surface area contributed by atoms with Gasteiger partial charge in [-0.15, -0.1) is 0 Å². The molecule has 0 radical (unpaired) electrons. The molecule has 0 aromatic carbocycles. The second-order valence-electron chi connectivity index (χ2n) is 6.39. The van der Waals surface area contributed by atoms with E-state index in [0.29, 0.717) is 0 Å². The second-order valence-corrected chi connectivity index (χ2v) is 6.39. The number of hydrogen-bond acceptors (Lipinski definition) is 0. The maximum atomic E-state index is 2.34. The highest BCUT2D eigenvalue weighted by Crippen LogP contribution is 2.24. The molecule has 0 fully saturated rings. The van der Waals surface area contributed by atoms with E-state index >= 15 is 0 Å². The third kappa shape index (κ3) is 6.94. The van der Waals surface area contributed by atoms with Gasteiger partial charge < -0.3 is 0 Å². The second kappa shape index (κ2) is 4.33. The molecule has 0 aliphatic carbocycles. The molecule has 0 saturated carbocycles. The van der Waals surface area contributed by atoms with Crippen molar-refractivity contribution < 1.29 is 0 Å². The summed E-state index contributed by atoms with van der Waals surface area (Å²) in [5, 5.41) is 0. The van der Waals surface area contributed by atoms with E-state index in [1.165, 1.54) is 11.1 Å². The SMILES string of the molecule is CC(=C/C(C)(C)C)/C(C)=C\C(C)(C)C. The molecule has 0 heteroatoms. The van der Waals surface area contributed by atoms with Crippen LogP contribution in [-0.2, 0) is 0 Å². The topological polar surface area (TPSA) is 0 Å². The molecule has 0 unspecified atom stereocenters. The molecule has 0 aliphatic heterocycles. The summed E-state index contributed by atoms with van der Waals surface area (Å²) < 4.78 is 0. The lowest BCUT2D eigenvalue weighted by Crippen LogP contribution is -2.04. The Morgan fingerprint density at radius 1 is 0.643 bits per heavy atom. The molecule has 0 heterocycles. The minimum atomic E-state index is 0.275. The summed E-state index contributed by atoms with van der Waals surface area (Å²) in [6, 6.07) is 0. The molecule has 0 aromatic heterocycles. The van der Waals surface area contributed by atoms with Crippen molar-refractivity contribution in [3.63, 3.8) is 0 Å². The molecule has 0 saturated heterocycles. The normalized spacial score (nSPS) is 16.0. The molecule has 14 heavy (non-hydrogen) atoms. The Morgan fingerprint density at radius 2 is 0.857 bits per heavy atom. The summed E-state index contributed by atoms with van der Waals surface area (Å²) in [5.74, 6) is 0. The first-order chi connectivity index (χ1) is 6.01. The van der Waals surface area contributed by atoms with Crippen molar-refractivity contribution in [1.82, 2.24) is 0 Å². The zero-order valence-corrected chi connectivity index (χ0v) is 11.2. The third-order valence-electron chi connectivity index (χ3n) is 1.92. The Bertz CT molecular complexity index is 210. The molecule has 0 atom stereocenters. The molecule has 82 valence electrons. The van der Waals surface area contributed by atoms with Gasteiger partial charge in [-0.05, 0) is 24.7 Å². The van der Waals surface area contributed by atoms with Crippen LogP contribution in [0.4, 0.5) is 0 Å². The quantitative estimate of drug-likeness (QED) is 0.517. The van der Waals surface area contributed by atoms with Gasteiger partial charge in [0.25, 0.3) is 0 Å². The van der Waals surface area contributed by atoms with Gasteiger partial charge in [0, 0.05) is 0 Å². The van der Waals surface area contributed by atoms with Crippen molar-refractivity contribution in [2.45, 2.75) is 55.4 Å². The average molecular weight is 194 g/mol. The zero-order valence-electron chi connectivity index (χ0n) is 11.2. The van der Waals surface area contributed by atoms with E-state index in [2.05, 4.69) is 67.5 Å². The van der Waals surface area contributed by atoms with E-state index in [1.54, 1.807) is 0 Å². The van der Waals surface area contributed by atoms with Crippen LogP contribution in [0, 0.1) is 10.8 Å². The van der Waals surface area contributed by atoms with Gasteiger partial charge in [-0.3, -0.25) is 0 Å². The van der Waals surface area contributed by atoms with Crippen molar-refractivity contribution in [3.8, 4) is 0 Å². The molecular weight excluding hydrogens is 168 g/mol. The van der Waals surface area contributed by atoms with Gasteiger partial charge in [0.05, 0.1) is 0 Å². The number of allylic oxidation sites excluding steroid dienone is 4. The van der Waals surface area contributed by atoms with E-state index < -0.39 is 0 Å². The van der Waals surface area contributed by atoms with Crippen LogP contribution in [0.25, 0.3) is 0 Å². The van der Waals surface area contributed by atoms with Crippen molar-refractivity contribution >= 4 is 0 Å². The Hall–Kier alpha value is -0.520. The summed E-state index contributed by atoms with van der Waals surface area (Å²) in [6.45, 7) is 17.8. The van der Waals surface area contributed by atoms with Gasteiger partial charge in [0.2, 0.25) is 0 Å². The van der Waals surface area contributed by atoms with Gasteiger partial charge in [0.15, 0.2) is 0 Å². The monoisotopic (exact) mass is 194 g/mol. The molecule has 0 N–H and O–H groups in total. The molecule has 0 aliphatic rings. The maximum absolute atomic E-state index is 2.34. The van der Waals surface area contributed by atoms with E-state index in [0.717, 1.165) is 0 Å². The molecule has 0 aromatic rings. The lowest BCUT2D eigenvalue weighted by molar-refractivity contribution is 0.533. The Balaban J connectivity index is 4.81. The molecule has 0 amide bonds. The minimum absolute atomic E-state index is 0.275. The van der Waals surface area contributed by atoms with Crippen molar-refractivity contribution in [2.75, 3.05) is 0 Å². The van der Waals surface area contributed by atoms with Crippen LogP contribution in [0.5, 0.6) is 0 Å². The fourth-order valence-electron chi connectivity index (χ4n) is 1.53. The molecule has 0 rings (SSSR count). The van der Waals surface area contributed by atoms with Crippen LogP contribution in [0.1, 0.15) is 55.4 Å². The van der Waals surface area contributed by atoms with Crippen molar-refractivity contribution in [3.05, 3.63) is 23.3 Å². The summed E-state index contributed by atoms with van der Waals surface area (Å²) in [4.78, 5) is 0. The number of rotatable bonds is 1. The van der Waals surface area contributed by atoms with Gasteiger partial charge in [-0.25, -0.2) is 0 Å². The number of hydrogen-bond donors (Lipinski definition) is 0. The van der Waals surface area contributed by atoms with Crippen molar-refractivity contribution in [1.29, 1.82) is 0 Å². The summed E-state index contributed by atoms with van der Waals surface area (Å²) in [5.41, 5.74) is 3.34. The van der Waals surface area contributed by atoms with Crippen LogP contribution < -0.4 is 0 Å². The highest BCUT2D eigenvalue weighted by atomic mass is 14.2. The predicted octanol–water partition coefficient (Wildman–Crippen LogP) is 4.97. The van der Waals surface area contributed by atoms with Crippen LogP contribution >= 0.6 is 0 Å². The Kier molecular flexibility index (Phi) is 4.17. The summed E-state index contributed by atoms with van der Waals surface area (Å²) >= 11 is 0. The first-order valence-electron chi connectivity index (χ1n) is 5.40. The largest absolute Gasteiger partial charge is 0.0759 e. The first-order valence-corrected chi connectivity index (χ1v) is 5.40. The maximum Gasteiger partial charge on any atom is -0.0197 e. The highest BCUT2D eigenvalue weighted by Gasteiger charge is 2.10. The van der Waals surface area contributed by atoms with Gasteiger partial charge >= 0.3 is 0 Å². The van der Waals surface area contributed by atoms with Crippen molar-refractivity contribution in [2.24, 2.45) is 10.8 Å². The average Bonchev–Trinajstić information content (AvgIpc) is 1.78. The van der Waals surface area contributed by atoms with Crippen LogP contribution in [0.3, 0.4) is 0 Å². The Morgan fingerprint density at radius 3 is 1.00 bits per heavy atom. The van der Waals surface area contributed by atoms with E-state index in [9.17, 15) is 0 Å². The van der Waals surface area contributed by atoms with Crippen LogP contribution in [-0.4, -0.2) is 0 Å². The molecule has 0 nitrogen and oxygen atoms in total. The first kappa shape index (κ1) is 13.5. The van der Waals surface area contributed by atoms with Gasteiger partial charge in [-0.2, -0.15) is 0 Å². The fourth-order valence-corrected chi connectivity index (χ4v) is 1.53. The summed E-state index contributed by atoms with van der Waals surface area (Å²) in [6.07, 6.45) is 4.68. The Labute approximate surface area is 90.1 Å². The highest BCUT2D eigenvalue weighted by molar-refractivity contribution is 5.29. The van der Waals surface area contributed by atoms with Gasteiger partial charge in [-0.1, -0.05) is 64.8 Å². The third-order valence-corrected chi connectivity index (χ3v) is 1.92. The van der Waals surface area contributed by atoms with E-state index in [4.69, 9.17) is 0 Å². The summed E-state index contributed by atoms with van der Waals surface area (Å²) in [7, 11) is 0. The zero-order chi connectivity index (χ0) is 11.6. The lowest BCUT2D eigenvalue weighted by atomic mass is 9.88. The van der Waals surface area contributed by atoms with Gasteiger partial charge in [0.1, 0.15) is 0 Å². The van der Waals surface area contributed by atoms with Crippen LogP contribution in [0.2, 0.25) is 0 Å². The molecule has 0 spiro atoms. The van der Waals surface area contributed by atoms with E-state index in [-0.39, 0.29) is 10.8 Å². The van der Waals surface area contributed by atoms with E-state index in [1.807, 2.05) is 0 Å². The molecular formula is C14H26. The lowest BCUT2D eigenvalue weighted by Gasteiger charge is -2.18. The van der Waals surface area contributed by atoms with Crippen LogP contribution in [0.15, 0.2) is 23.3 Å².